The number of hydrogen-bond donors (Lipinski definition) is 0. The summed E-state index contributed by atoms with van der Waals surface area (Å²) < 4.78 is 11.5. The summed E-state index contributed by atoms with van der Waals surface area (Å²) in [6.07, 6.45) is 1.64. The molecular weight excluding hydrogens is 324 g/mol. The monoisotopic (exact) mass is 356 g/mol. The first-order valence-electron chi connectivity index (χ1n) is 9.00. The van der Waals surface area contributed by atoms with Crippen LogP contribution in [-0.2, 0) is 21.6 Å². The molecule has 2 nitrogen and oxygen atoms in total. The lowest BCUT2D eigenvalue weighted by Crippen LogP contribution is -2.51. The van der Waals surface area contributed by atoms with Gasteiger partial charge in [0.25, 0.3) is 0 Å². The van der Waals surface area contributed by atoms with E-state index in [2.05, 4.69) is 64.1 Å². The van der Waals surface area contributed by atoms with Crippen LogP contribution in [0.4, 0.5) is 0 Å². The first-order valence-corrected chi connectivity index (χ1v) is 11.8. The number of aryl methyl sites for hydroxylation is 4. The fourth-order valence-electron chi connectivity index (χ4n) is 3.93. The Balaban J connectivity index is 2.46. The summed E-state index contributed by atoms with van der Waals surface area (Å²) in [7, 11) is 1.81. The zero-order chi connectivity index (χ0) is 18.4. The van der Waals surface area contributed by atoms with E-state index in [9.17, 15) is 0 Å². The van der Waals surface area contributed by atoms with E-state index in [-0.39, 0.29) is 0 Å². The van der Waals surface area contributed by atoms with Gasteiger partial charge in [-0.15, -0.1) is 0 Å². The van der Waals surface area contributed by atoms with Crippen molar-refractivity contribution in [3.8, 4) is 0 Å². The molecule has 0 saturated heterocycles. The highest BCUT2D eigenvalue weighted by molar-refractivity contribution is 6.78. The molecule has 0 aliphatic heterocycles. The van der Waals surface area contributed by atoms with Gasteiger partial charge < -0.3 is 9.47 Å². The van der Waals surface area contributed by atoms with Crippen LogP contribution in [0.25, 0.3) is 0 Å². The van der Waals surface area contributed by atoms with Crippen molar-refractivity contribution < 1.29 is 9.47 Å². The number of methoxy groups -OCH3 is 2. The molecule has 2 rings (SSSR count). The van der Waals surface area contributed by atoms with Crippen LogP contribution in [0.3, 0.4) is 0 Å². The lowest BCUT2D eigenvalue weighted by Gasteiger charge is -2.33. The fourth-order valence-corrected chi connectivity index (χ4v) is 8.38. The van der Waals surface area contributed by atoms with Gasteiger partial charge in [0.15, 0.2) is 0 Å². The Hall–Kier alpha value is -1.42. The summed E-state index contributed by atoms with van der Waals surface area (Å²) in [4.78, 5) is 0. The lowest BCUT2D eigenvalue weighted by molar-refractivity contribution is 0.214. The summed E-state index contributed by atoms with van der Waals surface area (Å²) in [5.41, 5.74) is 8.48. The van der Waals surface area contributed by atoms with Gasteiger partial charge in [-0.1, -0.05) is 36.4 Å². The van der Waals surface area contributed by atoms with E-state index >= 15 is 0 Å². The second kappa shape index (κ2) is 8.79. The smallest absolute Gasteiger partial charge is 0.121 e. The van der Waals surface area contributed by atoms with Crippen molar-refractivity contribution in [2.24, 2.45) is 0 Å². The van der Waals surface area contributed by atoms with Crippen molar-refractivity contribution in [1.29, 1.82) is 0 Å². The minimum atomic E-state index is -1.85. The zero-order valence-corrected chi connectivity index (χ0v) is 17.6. The van der Waals surface area contributed by atoms with E-state index < -0.39 is 8.07 Å². The maximum Gasteiger partial charge on any atom is 0.121 e. The SMILES string of the molecule is COC[Si](COC)(Cc1c(C)cccc1C)Cc1c(C)cccc1C. The third-order valence-corrected chi connectivity index (χ3v) is 9.30. The molecule has 0 saturated carbocycles. The second-order valence-electron chi connectivity index (χ2n) is 7.46. The van der Waals surface area contributed by atoms with Gasteiger partial charge in [-0.05, 0) is 73.2 Å². The third kappa shape index (κ3) is 4.81. The molecule has 0 radical (unpaired) electrons. The molecule has 0 aromatic heterocycles. The highest BCUT2D eigenvalue weighted by Gasteiger charge is 2.36. The Kier molecular flexibility index (Phi) is 7.00. The van der Waals surface area contributed by atoms with Crippen LogP contribution >= 0.6 is 0 Å². The van der Waals surface area contributed by atoms with Crippen LogP contribution in [0.15, 0.2) is 36.4 Å². The van der Waals surface area contributed by atoms with E-state index in [0.29, 0.717) is 0 Å². The molecular formula is C22H32O2Si. The van der Waals surface area contributed by atoms with E-state index in [1.807, 2.05) is 14.2 Å². The van der Waals surface area contributed by atoms with Gasteiger partial charge in [-0.25, -0.2) is 0 Å². The molecule has 2 aromatic rings. The molecule has 0 fully saturated rings. The van der Waals surface area contributed by atoms with E-state index in [4.69, 9.17) is 9.47 Å². The molecule has 0 unspecified atom stereocenters. The standard InChI is InChI=1S/C22H32O2Si/c1-17-9-7-10-18(2)21(17)13-25(15-23-5,16-24-6)14-22-19(3)11-8-12-20(22)4/h7-12H,13-16H2,1-6H3. The molecule has 0 amide bonds. The average Bonchev–Trinajstić information content (AvgIpc) is 2.55. The van der Waals surface area contributed by atoms with Gasteiger partial charge in [0, 0.05) is 26.7 Å². The number of ether oxygens (including phenoxy) is 2. The van der Waals surface area contributed by atoms with Crippen molar-refractivity contribution in [2.75, 3.05) is 26.7 Å². The van der Waals surface area contributed by atoms with Crippen LogP contribution in [0, 0.1) is 27.7 Å². The van der Waals surface area contributed by atoms with Gasteiger partial charge in [-0.2, -0.15) is 0 Å². The summed E-state index contributed by atoms with van der Waals surface area (Å²) >= 11 is 0. The van der Waals surface area contributed by atoms with Gasteiger partial charge >= 0.3 is 0 Å². The van der Waals surface area contributed by atoms with Crippen molar-refractivity contribution in [2.45, 2.75) is 39.8 Å². The number of benzene rings is 2. The molecule has 0 aliphatic carbocycles. The Labute approximate surface area is 154 Å². The Morgan fingerprint density at radius 1 is 0.640 bits per heavy atom. The third-order valence-electron chi connectivity index (χ3n) is 5.29. The highest BCUT2D eigenvalue weighted by atomic mass is 28.3. The highest BCUT2D eigenvalue weighted by Crippen LogP contribution is 2.26. The molecule has 0 heterocycles. The van der Waals surface area contributed by atoms with E-state index in [1.54, 1.807) is 0 Å². The van der Waals surface area contributed by atoms with Crippen LogP contribution in [-0.4, -0.2) is 34.8 Å². The number of hydrogen-bond acceptors (Lipinski definition) is 2. The molecule has 0 spiro atoms. The van der Waals surface area contributed by atoms with Crippen molar-refractivity contribution in [3.63, 3.8) is 0 Å². The van der Waals surface area contributed by atoms with Crippen molar-refractivity contribution in [3.05, 3.63) is 69.8 Å². The first kappa shape index (κ1) is 19.9. The molecule has 3 heteroatoms. The van der Waals surface area contributed by atoms with Crippen molar-refractivity contribution >= 4 is 8.07 Å². The van der Waals surface area contributed by atoms with Crippen LogP contribution in [0.1, 0.15) is 33.4 Å². The Morgan fingerprint density at radius 2 is 0.960 bits per heavy atom. The van der Waals surface area contributed by atoms with Crippen LogP contribution in [0.2, 0.25) is 0 Å². The predicted molar refractivity (Wildman–Crippen MR) is 109 cm³/mol. The molecule has 0 N–H and O–H groups in total. The predicted octanol–water partition coefficient (Wildman–Crippen LogP) is 4.60. The number of rotatable bonds is 8. The summed E-state index contributed by atoms with van der Waals surface area (Å²) in [6, 6.07) is 15.4. The minimum Gasteiger partial charge on any atom is -0.388 e. The maximum atomic E-state index is 5.75. The molecule has 2 aromatic carbocycles. The first-order chi connectivity index (χ1) is 11.9. The van der Waals surface area contributed by atoms with Crippen LogP contribution < -0.4 is 0 Å². The van der Waals surface area contributed by atoms with Crippen molar-refractivity contribution in [1.82, 2.24) is 0 Å². The molecule has 0 aliphatic rings. The van der Waals surface area contributed by atoms with Crippen LogP contribution in [0.5, 0.6) is 0 Å². The van der Waals surface area contributed by atoms with Gasteiger partial charge in [-0.3, -0.25) is 0 Å². The maximum absolute atomic E-state index is 5.75. The molecule has 0 atom stereocenters. The lowest BCUT2D eigenvalue weighted by atomic mass is 10.0. The van der Waals surface area contributed by atoms with E-state index in [0.717, 1.165) is 24.5 Å². The van der Waals surface area contributed by atoms with Gasteiger partial charge in [0.2, 0.25) is 0 Å². The molecule has 136 valence electrons. The normalized spacial score (nSPS) is 11.8. The zero-order valence-electron chi connectivity index (χ0n) is 16.6. The fraction of sp³-hybridized carbons (Fsp3) is 0.455. The van der Waals surface area contributed by atoms with E-state index in [1.165, 1.54) is 33.4 Å². The Morgan fingerprint density at radius 3 is 1.24 bits per heavy atom. The summed E-state index contributed by atoms with van der Waals surface area (Å²) in [6.45, 7) is 8.89. The average molecular weight is 357 g/mol. The molecule has 25 heavy (non-hydrogen) atoms. The molecule has 0 bridgehead atoms. The summed E-state index contributed by atoms with van der Waals surface area (Å²) in [5, 5.41) is 0. The quantitative estimate of drug-likeness (QED) is 0.643. The minimum absolute atomic E-state index is 0.822. The topological polar surface area (TPSA) is 18.5 Å². The summed E-state index contributed by atoms with van der Waals surface area (Å²) in [5.74, 6) is 0. The van der Waals surface area contributed by atoms with Gasteiger partial charge in [0.1, 0.15) is 8.07 Å². The Bertz CT molecular complexity index is 607. The largest absolute Gasteiger partial charge is 0.388 e. The second-order valence-corrected chi connectivity index (χ2v) is 11.7. The van der Waals surface area contributed by atoms with Gasteiger partial charge in [0.05, 0.1) is 0 Å².